The number of hydrogen-bond acceptors (Lipinski definition) is 2. The lowest BCUT2D eigenvalue weighted by Gasteiger charge is -2.08. The van der Waals surface area contributed by atoms with Crippen molar-refractivity contribution in [2.24, 2.45) is 5.92 Å². The van der Waals surface area contributed by atoms with Gasteiger partial charge < -0.3 is 10.3 Å². The van der Waals surface area contributed by atoms with Gasteiger partial charge in [-0.15, -0.1) is 0 Å². The number of amides is 1. The summed E-state index contributed by atoms with van der Waals surface area (Å²) in [7, 11) is 0. The van der Waals surface area contributed by atoms with Gasteiger partial charge in [-0.05, 0) is 25.1 Å². The first-order valence-electron chi connectivity index (χ1n) is 5.92. The Bertz CT molecular complexity index is 656. The molecule has 0 spiro atoms. The molecular weight excluding hydrogens is 228 g/mol. The second-order valence-corrected chi connectivity index (χ2v) is 4.72. The summed E-state index contributed by atoms with van der Waals surface area (Å²) in [6.07, 6.45) is 0. The van der Waals surface area contributed by atoms with Crippen molar-refractivity contribution in [3.05, 3.63) is 40.2 Å². The van der Waals surface area contributed by atoms with Crippen molar-refractivity contribution in [1.82, 2.24) is 4.98 Å². The van der Waals surface area contributed by atoms with E-state index < -0.39 is 0 Å². The molecule has 94 valence electrons. The monoisotopic (exact) mass is 244 g/mol. The minimum atomic E-state index is -0.0861. The van der Waals surface area contributed by atoms with Crippen LogP contribution in [0, 0.1) is 12.8 Å². The number of rotatable bonds is 2. The minimum Gasteiger partial charge on any atom is -0.358 e. The van der Waals surface area contributed by atoms with Gasteiger partial charge in [0.05, 0.1) is 0 Å². The predicted molar refractivity (Wildman–Crippen MR) is 72.8 cm³/mol. The molecule has 0 fully saturated rings. The van der Waals surface area contributed by atoms with Gasteiger partial charge in [0.1, 0.15) is 0 Å². The first-order chi connectivity index (χ1) is 8.47. The lowest BCUT2D eigenvalue weighted by Crippen LogP contribution is -2.17. The van der Waals surface area contributed by atoms with Gasteiger partial charge in [-0.1, -0.05) is 13.8 Å². The number of aromatic amines is 1. The van der Waals surface area contributed by atoms with E-state index in [2.05, 4.69) is 10.3 Å². The van der Waals surface area contributed by atoms with E-state index in [9.17, 15) is 9.59 Å². The topological polar surface area (TPSA) is 62.0 Å². The van der Waals surface area contributed by atoms with E-state index in [0.717, 1.165) is 11.2 Å². The third kappa shape index (κ3) is 2.42. The summed E-state index contributed by atoms with van der Waals surface area (Å²) in [5.41, 5.74) is 2.21. The highest BCUT2D eigenvalue weighted by Gasteiger charge is 2.08. The highest BCUT2D eigenvalue weighted by molar-refractivity contribution is 5.94. The zero-order valence-electron chi connectivity index (χ0n) is 10.7. The molecule has 18 heavy (non-hydrogen) atoms. The van der Waals surface area contributed by atoms with E-state index in [1.807, 2.05) is 20.8 Å². The van der Waals surface area contributed by atoms with Gasteiger partial charge in [0.25, 0.3) is 0 Å². The molecule has 4 nitrogen and oxygen atoms in total. The van der Waals surface area contributed by atoms with Crippen LogP contribution in [0.1, 0.15) is 19.5 Å². The van der Waals surface area contributed by atoms with Crippen LogP contribution in [0.4, 0.5) is 5.69 Å². The number of pyridine rings is 1. The number of carbonyl (C=O) groups is 1. The first kappa shape index (κ1) is 12.4. The number of hydrogen-bond donors (Lipinski definition) is 2. The van der Waals surface area contributed by atoms with Crippen molar-refractivity contribution in [2.45, 2.75) is 20.8 Å². The van der Waals surface area contributed by atoms with Crippen molar-refractivity contribution < 1.29 is 4.79 Å². The number of anilines is 1. The zero-order chi connectivity index (χ0) is 13.3. The van der Waals surface area contributed by atoms with Crippen LogP contribution in [-0.2, 0) is 4.79 Å². The molecule has 0 radical (unpaired) electrons. The summed E-state index contributed by atoms with van der Waals surface area (Å²) in [5, 5.41) is 3.37. The molecule has 0 atom stereocenters. The largest absolute Gasteiger partial charge is 0.358 e. The first-order valence-corrected chi connectivity index (χ1v) is 5.92. The van der Waals surface area contributed by atoms with Crippen molar-refractivity contribution >= 4 is 22.5 Å². The number of nitrogens with one attached hydrogen (secondary N) is 2. The quantitative estimate of drug-likeness (QED) is 0.852. The number of aryl methyl sites for hydroxylation is 1. The highest BCUT2D eigenvalue weighted by Crippen LogP contribution is 2.15. The summed E-state index contributed by atoms with van der Waals surface area (Å²) in [4.78, 5) is 26.6. The summed E-state index contributed by atoms with van der Waals surface area (Å²) >= 11 is 0. The van der Waals surface area contributed by atoms with Gasteiger partial charge in [0.15, 0.2) is 5.43 Å². The van der Waals surface area contributed by atoms with Crippen LogP contribution < -0.4 is 10.7 Å². The molecule has 0 saturated heterocycles. The van der Waals surface area contributed by atoms with E-state index in [1.54, 1.807) is 24.3 Å². The van der Waals surface area contributed by atoms with E-state index >= 15 is 0 Å². The van der Waals surface area contributed by atoms with Crippen LogP contribution in [0.2, 0.25) is 0 Å². The Kier molecular flexibility index (Phi) is 3.19. The fraction of sp³-hybridized carbons (Fsp3) is 0.286. The van der Waals surface area contributed by atoms with Crippen molar-refractivity contribution in [3.63, 3.8) is 0 Å². The second-order valence-electron chi connectivity index (χ2n) is 4.72. The second kappa shape index (κ2) is 4.64. The van der Waals surface area contributed by atoms with E-state index in [4.69, 9.17) is 0 Å². The smallest absolute Gasteiger partial charge is 0.226 e. The number of fused-ring (bicyclic) bond motifs is 1. The third-order valence-corrected chi connectivity index (χ3v) is 2.76. The molecule has 0 bridgehead atoms. The minimum absolute atomic E-state index is 0.0399. The fourth-order valence-electron chi connectivity index (χ4n) is 1.74. The average molecular weight is 244 g/mol. The van der Waals surface area contributed by atoms with E-state index in [-0.39, 0.29) is 17.3 Å². The maximum atomic E-state index is 11.8. The number of carbonyl (C=O) groups excluding carboxylic acids is 1. The lowest BCUT2D eigenvalue weighted by atomic mass is 10.1. The van der Waals surface area contributed by atoms with Gasteiger partial charge in [0, 0.05) is 34.3 Å². The van der Waals surface area contributed by atoms with Crippen LogP contribution in [0.3, 0.4) is 0 Å². The molecule has 4 heteroatoms. The Labute approximate surface area is 105 Å². The molecule has 0 aliphatic rings. The maximum Gasteiger partial charge on any atom is 0.226 e. The highest BCUT2D eigenvalue weighted by atomic mass is 16.1. The van der Waals surface area contributed by atoms with Crippen molar-refractivity contribution in [1.29, 1.82) is 0 Å². The predicted octanol–water partition coefficient (Wildman–Crippen LogP) is 2.43. The Morgan fingerprint density at radius 2 is 2.00 bits per heavy atom. The van der Waals surface area contributed by atoms with Gasteiger partial charge in [-0.25, -0.2) is 0 Å². The molecular formula is C14H16N2O2. The zero-order valence-corrected chi connectivity index (χ0v) is 10.7. The lowest BCUT2D eigenvalue weighted by molar-refractivity contribution is -0.118. The summed E-state index contributed by atoms with van der Waals surface area (Å²) in [6, 6.07) is 6.85. The van der Waals surface area contributed by atoms with E-state index in [0.29, 0.717) is 11.1 Å². The van der Waals surface area contributed by atoms with Gasteiger partial charge in [0.2, 0.25) is 5.91 Å². The molecule has 2 N–H and O–H groups in total. The Balaban J connectivity index is 2.45. The van der Waals surface area contributed by atoms with E-state index in [1.165, 1.54) is 0 Å². The molecule has 1 aromatic heterocycles. The van der Waals surface area contributed by atoms with Crippen molar-refractivity contribution in [2.75, 3.05) is 5.32 Å². The molecule has 0 aliphatic carbocycles. The Morgan fingerprint density at radius 1 is 1.28 bits per heavy atom. The number of benzene rings is 1. The maximum absolute atomic E-state index is 11.8. The normalized spacial score (nSPS) is 10.9. The van der Waals surface area contributed by atoms with Crippen LogP contribution in [-0.4, -0.2) is 10.9 Å². The molecule has 2 aromatic rings. The van der Waals surface area contributed by atoms with Gasteiger partial charge in [-0.2, -0.15) is 0 Å². The third-order valence-electron chi connectivity index (χ3n) is 2.76. The Hall–Kier alpha value is -2.10. The summed E-state index contributed by atoms with van der Waals surface area (Å²) in [6.45, 7) is 5.49. The van der Waals surface area contributed by atoms with Crippen LogP contribution in [0.5, 0.6) is 0 Å². The van der Waals surface area contributed by atoms with Crippen LogP contribution >= 0.6 is 0 Å². The number of aromatic nitrogens is 1. The molecule has 0 unspecified atom stereocenters. The molecule has 1 amide bonds. The van der Waals surface area contributed by atoms with Gasteiger partial charge in [-0.3, -0.25) is 9.59 Å². The summed E-state index contributed by atoms with van der Waals surface area (Å²) < 4.78 is 0. The molecule has 0 saturated carbocycles. The SMILES string of the molecule is Cc1cc(=O)c2cc(NC(=O)C(C)C)ccc2[nH]1. The summed E-state index contributed by atoms with van der Waals surface area (Å²) in [5.74, 6) is -0.144. The van der Waals surface area contributed by atoms with Crippen LogP contribution in [0.15, 0.2) is 29.1 Å². The molecule has 1 heterocycles. The average Bonchev–Trinajstić information content (AvgIpc) is 2.29. The molecule has 1 aromatic carbocycles. The van der Waals surface area contributed by atoms with Gasteiger partial charge >= 0.3 is 0 Å². The number of H-pyrrole nitrogens is 1. The molecule has 2 rings (SSSR count). The van der Waals surface area contributed by atoms with Crippen molar-refractivity contribution in [3.8, 4) is 0 Å². The molecule has 0 aliphatic heterocycles. The van der Waals surface area contributed by atoms with Crippen LogP contribution in [0.25, 0.3) is 10.9 Å². The fourth-order valence-corrected chi connectivity index (χ4v) is 1.74. The Morgan fingerprint density at radius 3 is 2.67 bits per heavy atom. The standard InChI is InChI=1S/C14H16N2O2/c1-8(2)14(18)16-10-4-5-12-11(7-10)13(17)6-9(3)15-12/h4-8H,1-3H3,(H,15,17)(H,16,18).